The maximum absolute atomic E-state index is 13.6. The first-order chi connectivity index (χ1) is 16.1. The van der Waals surface area contributed by atoms with Crippen molar-refractivity contribution in [2.24, 2.45) is 5.92 Å². The van der Waals surface area contributed by atoms with Gasteiger partial charge in [0, 0.05) is 24.5 Å². The van der Waals surface area contributed by atoms with Gasteiger partial charge in [-0.3, -0.25) is 9.69 Å². The normalized spacial score (nSPS) is 18.8. The molecule has 2 atom stereocenters. The van der Waals surface area contributed by atoms with Gasteiger partial charge in [0.15, 0.2) is 11.5 Å². The van der Waals surface area contributed by atoms with E-state index < -0.39 is 0 Å². The number of aliphatic hydroxyl groups is 1. The number of carbonyl (C=O) groups is 1. The fourth-order valence-corrected chi connectivity index (χ4v) is 5.58. The van der Waals surface area contributed by atoms with E-state index in [1.807, 2.05) is 29.2 Å². The Morgan fingerprint density at radius 1 is 1.27 bits per heavy atom. The Bertz CT molecular complexity index is 913. The van der Waals surface area contributed by atoms with Crippen LogP contribution in [0, 0.1) is 5.92 Å². The van der Waals surface area contributed by atoms with Gasteiger partial charge in [0.25, 0.3) is 0 Å². The second-order valence-electron chi connectivity index (χ2n) is 9.19. The van der Waals surface area contributed by atoms with Crippen LogP contribution in [-0.2, 0) is 11.2 Å². The van der Waals surface area contributed by atoms with Gasteiger partial charge >= 0.3 is 0 Å². The lowest BCUT2D eigenvalue weighted by molar-refractivity contribution is -0.136. The molecule has 0 saturated heterocycles. The van der Waals surface area contributed by atoms with Crippen LogP contribution in [0.15, 0.2) is 35.7 Å². The van der Waals surface area contributed by atoms with Crippen LogP contribution < -0.4 is 9.47 Å². The fourth-order valence-electron chi connectivity index (χ4n) is 4.66. The van der Waals surface area contributed by atoms with E-state index in [-0.39, 0.29) is 18.1 Å². The van der Waals surface area contributed by atoms with Crippen LogP contribution in [0.2, 0.25) is 0 Å². The van der Waals surface area contributed by atoms with Crippen molar-refractivity contribution in [3.8, 4) is 11.5 Å². The Hall–Kier alpha value is -2.09. The Kier molecular flexibility index (Phi) is 8.28. The number of benzene rings is 1. The van der Waals surface area contributed by atoms with Crippen LogP contribution >= 0.6 is 11.3 Å². The highest BCUT2D eigenvalue weighted by Gasteiger charge is 2.34. The van der Waals surface area contributed by atoms with E-state index in [4.69, 9.17) is 9.47 Å². The number of carbonyl (C=O) groups excluding carboxylic acids is 1. The van der Waals surface area contributed by atoms with E-state index >= 15 is 0 Å². The predicted molar refractivity (Wildman–Crippen MR) is 131 cm³/mol. The van der Waals surface area contributed by atoms with Crippen LogP contribution in [0.3, 0.4) is 0 Å². The van der Waals surface area contributed by atoms with E-state index in [1.54, 1.807) is 18.4 Å². The van der Waals surface area contributed by atoms with E-state index in [0.29, 0.717) is 43.7 Å². The minimum atomic E-state index is -0.379. The van der Waals surface area contributed by atoms with Gasteiger partial charge in [-0.1, -0.05) is 25.5 Å². The summed E-state index contributed by atoms with van der Waals surface area (Å²) in [6.07, 6.45) is 4.67. The second kappa shape index (κ2) is 11.4. The van der Waals surface area contributed by atoms with Gasteiger partial charge in [-0.25, -0.2) is 0 Å². The molecule has 7 heteroatoms. The lowest BCUT2D eigenvalue weighted by Gasteiger charge is -2.37. The number of nitrogens with zero attached hydrogens (tertiary/aromatic N) is 2. The summed E-state index contributed by atoms with van der Waals surface area (Å²) in [6.45, 7) is 4.97. The number of para-hydroxylation sites is 2. The number of methoxy groups -OCH3 is 1. The fraction of sp³-hybridized carbons (Fsp3) is 0.577. The summed E-state index contributed by atoms with van der Waals surface area (Å²) in [4.78, 5) is 19.0. The van der Waals surface area contributed by atoms with Gasteiger partial charge in [-0.15, -0.1) is 11.3 Å². The lowest BCUT2D eigenvalue weighted by Crippen LogP contribution is -2.48. The van der Waals surface area contributed by atoms with Crippen molar-refractivity contribution in [3.05, 3.63) is 46.2 Å². The van der Waals surface area contributed by atoms with E-state index in [1.165, 1.54) is 23.3 Å². The maximum Gasteiger partial charge on any atom is 0.237 e. The van der Waals surface area contributed by atoms with Crippen molar-refractivity contribution < 1.29 is 19.4 Å². The number of hydrogen-bond acceptors (Lipinski definition) is 6. The number of ether oxygens (including phenoxy) is 2. The molecule has 0 bridgehead atoms. The molecule has 1 aliphatic carbocycles. The average molecular weight is 473 g/mol. The quantitative estimate of drug-likeness (QED) is 0.503. The first kappa shape index (κ1) is 24.0. The Balaban J connectivity index is 1.47. The zero-order chi connectivity index (χ0) is 23.2. The highest BCUT2D eigenvalue weighted by Crippen LogP contribution is 2.35. The average Bonchev–Trinajstić information content (AvgIpc) is 3.49. The number of thiophene rings is 1. The van der Waals surface area contributed by atoms with Gasteiger partial charge in [-0.05, 0) is 60.7 Å². The van der Waals surface area contributed by atoms with Gasteiger partial charge in [0.1, 0.15) is 6.61 Å². The molecule has 6 nitrogen and oxygen atoms in total. The van der Waals surface area contributed by atoms with Crippen molar-refractivity contribution in [2.45, 2.75) is 51.2 Å². The first-order valence-electron chi connectivity index (χ1n) is 12.1. The molecule has 1 fully saturated rings. The summed E-state index contributed by atoms with van der Waals surface area (Å²) >= 11 is 1.75. The van der Waals surface area contributed by atoms with Crippen LogP contribution in [-0.4, -0.2) is 66.8 Å². The summed E-state index contributed by atoms with van der Waals surface area (Å²) < 4.78 is 11.6. The molecule has 1 aromatic heterocycles. The number of fused-ring (bicyclic) bond motifs is 1. The number of aliphatic hydroxyl groups excluding tert-OH is 1. The lowest BCUT2D eigenvalue weighted by atomic mass is 10.0. The van der Waals surface area contributed by atoms with Crippen LogP contribution in [0.4, 0.5) is 0 Å². The van der Waals surface area contributed by atoms with Gasteiger partial charge in [0.05, 0.1) is 25.8 Å². The largest absolute Gasteiger partial charge is 0.493 e. The molecular weight excluding hydrogens is 436 g/mol. The second-order valence-corrected chi connectivity index (χ2v) is 10.2. The topological polar surface area (TPSA) is 62.2 Å². The summed E-state index contributed by atoms with van der Waals surface area (Å²) in [5, 5.41) is 12.5. The smallest absolute Gasteiger partial charge is 0.237 e. The van der Waals surface area contributed by atoms with Crippen molar-refractivity contribution in [1.29, 1.82) is 0 Å². The van der Waals surface area contributed by atoms with Crippen LogP contribution in [0.1, 0.15) is 49.1 Å². The molecule has 1 aromatic carbocycles. The van der Waals surface area contributed by atoms with E-state index in [9.17, 15) is 9.90 Å². The van der Waals surface area contributed by atoms with Crippen molar-refractivity contribution in [3.63, 3.8) is 0 Å². The first-order valence-corrected chi connectivity index (χ1v) is 13.0. The molecule has 1 amide bonds. The third-order valence-corrected chi connectivity index (χ3v) is 7.54. The monoisotopic (exact) mass is 472 g/mol. The molecule has 2 aliphatic rings. The molecule has 2 heterocycles. The predicted octanol–water partition coefficient (Wildman–Crippen LogP) is 4.13. The standard InChI is InChI=1S/C26H36N2O4S/c1-3-6-20(29)16-27(15-19-9-10-19)17-26(30)28-13-11-25-21(12-14-33-25)22(28)18-32-24-8-5-4-7-23(24)31-2/h4-5,7-8,12,14,19-20,22,29H,3,6,9-11,13,15-18H2,1-2H3/t20-,22+/m1/s1. The minimum absolute atomic E-state index is 0.116. The maximum atomic E-state index is 13.6. The SMILES string of the molecule is CCC[C@@H](O)CN(CC(=O)N1CCc2sccc2[C@@H]1COc1ccccc1OC)CC1CC1. The van der Waals surface area contributed by atoms with Gasteiger partial charge in [0.2, 0.25) is 5.91 Å². The summed E-state index contributed by atoms with van der Waals surface area (Å²) in [5.74, 6) is 2.16. The molecule has 2 aromatic rings. The molecule has 1 N–H and O–H groups in total. The molecule has 0 unspecified atom stereocenters. The molecule has 4 rings (SSSR count). The highest BCUT2D eigenvalue weighted by molar-refractivity contribution is 7.10. The molecule has 1 saturated carbocycles. The van der Waals surface area contributed by atoms with Crippen LogP contribution in [0.25, 0.3) is 0 Å². The van der Waals surface area contributed by atoms with Gasteiger partial charge < -0.3 is 19.5 Å². The summed E-state index contributed by atoms with van der Waals surface area (Å²) in [5.41, 5.74) is 1.19. The third-order valence-electron chi connectivity index (χ3n) is 6.54. The Labute approximate surface area is 201 Å². The molecule has 1 aliphatic heterocycles. The molecule has 0 spiro atoms. The van der Waals surface area contributed by atoms with Crippen molar-refractivity contribution >= 4 is 17.2 Å². The minimum Gasteiger partial charge on any atom is -0.493 e. The molecule has 0 radical (unpaired) electrons. The zero-order valence-electron chi connectivity index (χ0n) is 19.7. The molecule has 180 valence electrons. The van der Waals surface area contributed by atoms with E-state index in [0.717, 1.165) is 25.8 Å². The number of hydrogen-bond donors (Lipinski definition) is 1. The Morgan fingerprint density at radius 2 is 2.06 bits per heavy atom. The van der Waals surface area contributed by atoms with Crippen molar-refractivity contribution in [1.82, 2.24) is 9.80 Å². The van der Waals surface area contributed by atoms with Crippen molar-refractivity contribution in [2.75, 3.05) is 39.9 Å². The third kappa shape index (κ3) is 6.28. The molecule has 33 heavy (non-hydrogen) atoms. The Morgan fingerprint density at radius 3 is 2.79 bits per heavy atom. The van der Waals surface area contributed by atoms with Gasteiger partial charge in [-0.2, -0.15) is 0 Å². The number of amides is 1. The zero-order valence-corrected chi connectivity index (χ0v) is 20.6. The van der Waals surface area contributed by atoms with E-state index in [2.05, 4.69) is 23.3 Å². The van der Waals surface area contributed by atoms with Crippen LogP contribution in [0.5, 0.6) is 11.5 Å². The highest BCUT2D eigenvalue weighted by atomic mass is 32.1. The molecular formula is C26H36N2O4S. The number of rotatable bonds is 12. The summed E-state index contributed by atoms with van der Waals surface area (Å²) in [6, 6.07) is 9.63. The summed E-state index contributed by atoms with van der Waals surface area (Å²) in [7, 11) is 1.64.